The molecule has 1 heterocycles. The summed E-state index contributed by atoms with van der Waals surface area (Å²) >= 11 is 3.40. The number of hydrogen-bond acceptors (Lipinski definition) is 1. The van der Waals surface area contributed by atoms with Gasteiger partial charge in [-0.1, -0.05) is 29.8 Å². The van der Waals surface area contributed by atoms with Crippen molar-refractivity contribution in [3.63, 3.8) is 0 Å². The van der Waals surface area contributed by atoms with Crippen LogP contribution in [0.1, 0.15) is 25.5 Å². The average molecular weight is 232 g/mol. The van der Waals surface area contributed by atoms with Crippen LogP contribution in [0.3, 0.4) is 0 Å². The molecule has 0 amide bonds. The zero-order valence-corrected chi connectivity index (χ0v) is 8.68. The number of halogens is 2. The number of nitrogens with zero attached hydrogens (tertiary/aromatic N) is 1. The van der Waals surface area contributed by atoms with Gasteiger partial charge in [0.15, 0.2) is 0 Å². The minimum Gasteiger partial charge on any atom is -0.258 e. The second-order valence-electron chi connectivity index (χ2n) is 2.84. The van der Waals surface area contributed by atoms with E-state index in [1.165, 1.54) is 6.07 Å². The van der Waals surface area contributed by atoms with Gasteiger partial charge in [-0.3, -0.25) is 4.98 Å². The lowest BCUT2D eigenvalue weighted by Gasteiger charge is -2.13. The van der Waals surface area contributed by atoms with Crippen molar-refractivity contribution in [2.24, 2.45) is 0 Å². The molecule has 0 bridgehead atoms. The molecule has 0 aromatic carbocycles. The number of rotatable bonds is 2. The Hall–Kier alpha value is -0.440. The second kappa shape index (κ2) is 3.99. The van der Waals surface area contributed by atoms with Gasteiger partial charge < -0.3 is 0 Å². The van der Waals surface area contributed by atoms with Crippen LogP contribution in [-0.4, -0.2) is 9.81 Å². The van der Waals surface area contributed by atoms with Gasteiger partial charge in [0.25, 0.3) is 0 Å². The molecule has 2 unspecified atom stereocenters. The number of hydrogen-bond donors (Lipinski definition) is 0. The van der Waals surface area contributed by atoms with Crippen LogP contribution in [0.2, 0.25) is 0 Å². The fraction of sp³-hybridized carbons (Fsp3) is 0.444. The van der Waals surface area contributed by atoms with E-state index >= 15 is 0 Å². The molecule has 0 radical (unpaired) electrons. The zero-order chi connectivity index (χ0) is 9.14. The van der Waals surface area contributed by atoms with Gasteiger partial charge in [-0.15, -0.1) is 0 Å². The van der Waals surface area contributed by atoms with Crippen molar-refractivity contribution in [1.29, 1.82) is 0 Å². The lowest BCUT2D eigenvalue weighted by atomic mass is 10.0. The first kappa shape index (κ1) is 9.65. The first-order valence-electron chi connectivity index (χ1n) is 3.87. The molecule has 0 aliphatic heterocycles. The Morgan fingerprint density at radius 3 is 2.67 bits per heavy atom. The number of alkyl halides is 1. The molecule has 1 nitrogen and oxygen atoms in total. The molecule has 0 aliphatic carbocycles. The van der Waals surface area contributed by atoms with Crippen molar-refractivity contribution in [1.82, 2.24) is 4.98 Å². The van der Waals surface area contributed by atoms with E-state index in [2.05, 4.69) is 20.9 Å². The monoisotopic (exact) mass is 231 g/mol. The van der Waals surface area contributed by atoms with E-state index in [0.717, 1.165) is 0 Å². The maximum absolute atomic E-state index is 13.1. The van der Waals surface area contributed by atoms with Gasteiger partial charge in [-0.25, -0.2) is 4.39 Å². The van der Waals surface area contributed by atoms with Crippen molar-refractivity contribution in [2.75, 3.05) is 0 Å². The van der Waals surface area contributed by atoms with Crippen LogP contribution in [0.25, 0.3) is 0 Å². The molecule has 0 aliphatic rings. The maximum Gasteiger partial charge on any atom is 0.145 e. The highest BCUT2D eigenvalue weighted by Crippen LogP contribution is 2.23. The standard InChI is InChI=1S/C9H11BrFN/c1-6(7(2)10)9-8(11)4-3-5-12-9/h3-7H,1-2H3. The van der Waals surface area contributed by atoms with Crippen LogP contribution < -0.4 is 0 Å². The van der Waals surface area contributed by atoms with Crippen LogP contribution in [0, 0.1) is 5.82 Å². The summed E-state index contributed by atoms with van der Waals surface area (Å²) in [5, 5.41) is 0. The van der Waals surface area contributed by atoms with Crippen molar-refractivity contribution in [2.45, 2.75) is 24.6 Å². The molecule has 0 saturated carbocycles. The summed E-state index contributed by atoms with van der Waals surface area (Å²) in [6, 6.07) is 3.04. The third-order valence-corrected chi connectivity index (χ3v) is 2.70. The van der Waals surface area contributed by atoms with E-state index in [-0.39, 0.29) is 16.6 Å². The van der Waals surface area contributed by atoms with Gasteiger partial charge in [0.2, 0.25) is 0 Å². The van der Waals surface area contributed by atoms with E-state index in [1.807, 2.05) is 13.8 Å². The van der Waals surface area contributed by atoms with Gasteiger partial charge >= 0.3 is 0 Å². The smallest absolute Gasteiger partial charge is 0.145 e. The number of pyridine rings is 1. The Morgan fingerprint density at radius 1 is 1.50 bits per heavy atom. The van der Waals surface area contributed by atoms with Crippen molar-refractivity contribution in [3.8, 4) is 0 Å². The third kappa shape index (κ3) is 2.03. The van der Waals surface area contributed by atoms with E-state index in [0.29, 0.717) is 5.69 Å². The molecule has 12 heavy (non-hydrogen) atoms. The molecule has 0 N–H and O–H groups in total. The molecular weight excluding hydrogens is 221 g/mol. The molecule has 1 aromatic rings. The van der Waals surface area contributed by atoms with Gasteiger partial charge in [-0.2, -0.15) is 0 Å². The SMILES string of the molecule is CC(Br)C(C)c1ncccc1F. The van der Waals surface area contributed by atoms with Gasteiger partial charge in [0.1, 0.15) is 5.82 Å². The highest BCUT2D eigenvalue weighted by atomic mass is 79.9. The molecule has 2 atom stereocenters. The summed E-state index contributed by atoms with van der Waals surface area (Å²) in [7, 11) is 0. The molecule has 0 fully saturated rings. The summed E-state index contributed by atoms with van der Waals surface area (Å²) < 4.78 is 13.1. The molecule has 0 spiro atoms. The molecule has 66 valence electrons. The second-order valence-corrected chi connectivity index (χ2v) is 4.28. The lowest BCUT2D eigenvalue weighted by molar-refractivity contribution is 0.573. The number of aromatic nitrogens is 1. The Balaban J connectivity index is 2.94. The summed E-state index contributed by atoms with van der Waals surface area (Å²) in [5.41, 5.74) is 0.530. The normalized spacial score (nSPS) is 15.7. The molecule has 0 saturated heterocycles. The van der Waals surface area contributed by atoms with E-state index in [4.69, 9.17) is 0 Å². The van der Waals surface area contributed by atoms with Crippen molar-refractivity contribution in [3.05, 3.63) is 29.8 Å². The Labute approximate surface area is 80.1 Å². The molecule has 3 heteroatoms. The molecule has 1 aromatic heterocycles. The minimum absolute atomic E-state index is 0.103. The minimum atomic E-state index is -0.226. The van der Waals surface area contributed by atoms with Crippen LogP contribution in [-0.2, 0) is 0 Å². The van der Waals surface area contributed by atoms with Gasteiger partial charge in [-0.05, 0) is 12.1 Å². The van der Waals surface area contributed by atoms with Crippen molar-refractivity contribution < 1.29 is 4.39 Å². The van der Waals surface area contributed by atoms with Crippen molar-refractivity contribution >= 4 is 15.9 Å². The summed E-state index contributed by atoms with van der Waals surface area (Å²) in [6.07, 6.45) is 1.62. The first-order valence-corrected chi connectivity index (χ1v) is 4.79. The Morgan fingerprint density at radius 2 is 2.17 bits per heavy atom. The Bertz CT molecular complexity index is 262. The highest BCUT2D eigenvalue weighted by molar-refractivity contribution is 9.09. The topological polar surface area (TPSA) is 12.9 Å². The van der Waals surface area contributed by atoms with Crippen LogP contribution >= 0.6 is 15.9 Å². The summed E-state index contributed by atoms with van der Waals surface area (Å²) in [6.45, 7) is 3.93. The van der Waals surface area contributed by atoms with Crippen LogP contribution in [0.15, 0.2) is 18.3 Å². The fourth-order valence-corrected chi connectivity index (χ4v) is 1.20. The summed E-state index contributed by atoms with van der Waals surface area (Å²) in [5.74, 6) is -0.123. The predicted molar refractivity (Wildman–Crippen MR) is 51.0 cm³/mol. The summed E-state index contributed by atoms with van der Waals surface area (Å²) in [4.78, 5) is 4.23. The fourth-order valence-electron chi connectivity index (χ4n) is 0.950. The van der Waals surface area contributed by atoms with E-state index in [9.17, 15) is 4.39 Å². The molecule has 1 rings (SSSR count). The first-order chi connectivity index (χ1) is 5.63. The predicted octanol–water partition coefficient (Wildman–Crippen LogP) is 3.11. The van der Waals surface area contributed by atoms with Gasteiger partial charge in [0, 0.05) is 16.9 Å². The quantitative estimate of drug-likeness (QED) is 0.714. The molecular formula is C9H11BrFN. The maximum atomic E-state index is 13.1. The third-order valence-electron chi connectivity index (χ3n) is 1.91. The van der Waals surface area contributed by atoms with Gasteiger partial charge in [0.05, 0.1) is 5.69 Å². The van der Waals surface area contributed by atoms with Crippen LogP contribution in [0.5, 0.6) is 0 Å². The average Bonchev–Trinajstić information content (AvgIpc) is 2.04. The largest absolute Gasteiger partial charge is 0.258 e. The van der Waals surface area contributed by atoms with E-state index in [1.54, 1.807) is 12.3 Å². The highest BCUT2D eigenvalue weighted by Gasteiger charge is 2.15. The zero-order valence-electron chi connectivity index (χ0n) is 7.09. The van der Waals surface area contributed by atoms with E-state index < -0.39 is 0 Å². The van der Waals surface area contributed by atoms with Crippen LogP contribution in [0.4, 0.5) is 4.39 Å². The lowest BCUT2D eigenvalue weighted by Crippen LogP contribution is -2.08. The Kier molecular flexibility index (Phi) is 3.20.